The third-order valence-electron chi connectivity index (χ3n) is 9.43. The molecule has 0 N–H and O–H groups in total. The summed E-state index contributed by atoms with van der Waals surface area (Å²) in [5.41, 5.74) is 13.7. The Hall–Kier alpha value is -6.67. The molecule has 51 heavy (non-hydrogen) atoms. The van der Waals surface area contributed by atoms with Crippen molar-refractivity contribution in [2.75, 3.05) is 0 Å². The lowest BCUT2D eigenvalue weighted by molar-refractivity contribution is 1.32. The normalized spacial score (nSPS) is 11.1. The van der Waals surface area contributed by atoms with E-state index >= 15 is 0 Å². The van der Waals surface area contributed by atoms with Crippen LogP contribution < -0.4 is 0 Å². The van der Waals surface area contributed by atoms with Crippen LogP contribution in [0.3, 0.4) is 0 Å². The lowest BCUT2D eigenvalue weighted by Crippen LogP contribution is -1.90. The van der Waals surface area contributed by atoms with E-state index in [-0.39, 0.29) is 0 Å². The van der Waals surface area contributed by atoms with Crippen molar-refractivity contribution >= 4 is 31.5 Å². The average Bonchev–Trinajstić information content (AvgIpc) is 3.61. The minimum Gasteiger partial charge on any atom is -0.256 e. The van der Waals surface area contributed by atoms with Crippen molar-refractivity contribution < 1.29 is 0 Å². The molecule has 0 fully saturated rings. The van der Waals surface area contributed by atoms with E-state index in [1.807, 2.05) is 84.4 Å². The highest BCUT2D eigenvalue weighted by Gasteiger charge is 2.16. The number of pyridine rings is 2. The first-order valence-corrected chi connectivity index (χ1v) is 17.7. The van der Waals surface area contributed by atoms with E-state index < -0.39 is 0 Å². The Balaban J connectivity index is 1.20. The minimum atomic E-state index is 0.662. The molecule has 0 radical (unpaired) electrons. The van der Waals surface area contributed by atoms with Gasteiger partial charge in [-0.1, -0.05) is 121 Å². The van der Waals surface area contributed by atoms with Crippen molar-refractivity contribution in [1.29, 1.82) is 5.26 Å². The third-order valence-corrected chi connectivity index (χ3v) is 10.7. The van der Waals surface area contributed by atoms with E-state index in [9.17, 15) is 5.26 Å². The van der Waals surface area contributed by atoms with Crippen LogP contribution in [-0.2, 0) is 0 Å². The zero-order valence-electron chi connectivity index (χ0n) is 27.5. The van der Waals surface area contributed by atoms with Crippen LogP contribution in [0.2, 0.25) is 0 Å². The van der Waals surface area contributed by atoms with E-state index in [4.69, 9.17) is 9.97 Å². The van der Waals surface area contributed by atoms with Crippen LogP contribution in [-0.4, -0.2) is 9.97 Å². The smallest absolute Gasteiger partial charge is 0.0991 e. The van der Waals surface area contributed by atoms with Crippen molar-refractivity contribution in [3.8, 4) is 73.1 Å². The van der Waals surface area contributed by atoms with Crippen LogP contribution in [0.4, 0.5) is 0 Å². The molecule has 0 aliphatic rings. The molecule has 0 atom stereocenters. The highest BCUT2D eigenvalue weighted by molar-refractivity contribution is 7.26. The van der Waals surface area contributed by atoms with Crippen molar-refractivity contribution in [3.63, 3.8) is 0 Å². The van der Waals surface area contributed by atoms with Gasteiger partial charge in [-0.2, -0.15) is 5.26 Å². The first-order valence-electron chi connectivity index (χ1n) is 16.9. The summed E-state index contributed by atoms with van der Waals surface area (Å²) >= 11 is 1.83. The summed E-state index contributed by atoms with van der Waals surface area (Å²) < 4.78 is 2.48. The average molecular weight is 668 g/mol. The number of benzene rings is 6. The van der Waals surface area contributed by atoms with E-state index in [1.165, 1.54) is 31.3 Å². The van der Waals surface area contributed by atoms with Gasteiger partial charge in [0.15, 0.2) is 0 Å². The van der Waals surface area contributed by atoms with E-state index in [0.29, 0.717) is 5.56 Å². The predicted octanol–water partition coefficient (Wildman–Crippen LogP) is 12.7. The molecule has 0 spiro atoms. The molecule has 0 saturated heterocycles. The Kier molecular flexibility index (Phi) is 7.74. The molecule has 3 aromatic heterocycles. The molecule has 3 nitrogen and oxygen atoms in total. The van der Waals surface area contributed by atoms with Gasteiger partial charge in [0.1, 0.15) is 0 Å². The molecule has 0 saturated carbocycles. The fourth-order valence-electron chi connectivity index (χ4n) is 6.80. The van der Waals surface area contributed by atoms with Crippen LogP contribution in [0, 0.1) is 11.3 Å². The number of hydrogen-bond acceptors (Lipinski definition) is 4. The summed E-state index contributed by atoms with van der Waals surface area (Å²) in [7, 11) is 0. The molecule has 6 aromatic carbocycles. The molecule has 0 bridgehead atoms. The first-order chi connectivity index (χ1) is 25.2. The van der Waals surface area contributed by atoms with Crippen LogP contribution >= 0.6 is 11.3 Å². The lowest BCUT2D eigenvalue weighted by Gasteiger charge is -2.13. The first kappa shape index (κ1) is 30.4. The molecule has 0 aliphatic heterocycles. The number of rotatable bonds is 6. The zero-order valence-corrected chi connectivity index (χ0v) is 28.3. The molecule has 0 amide bonds. The Morgan fingerprint density at radius 2 is 0.863 bits per heavy atom. The summed E-state index contributed by atoms with van der Waals surface area (Å²) in [5.74, 6) is 0. The van der Waals surface area contributed by atoms with Crippen molar-refractivity contribution in [2.24, 2.45) is 0 Å². The largest absolute Gasteiger partial charge is 0.256 e. The second-order valence-electron chi connectivity index (χ2n) is 12.6. The van der Waals surface area contributed by atoms with Crippen LogP contribution in [0.15, 0.2) is 176 Å². The second kappa shape index (κ2) is 13.0. The number of thiophene rings is 1. The zero-order chi connectivity index (χ0) is 34.1. The van der Waals surface area contributed by atoms with Gasteiger partial charge < -0.3 is 0 Å². The Morgan fingerprint density at radius 1 is 0.392 bits per heavy atom. The molecular formula is C47H29N3S. The van der Waals surface area contributed by atoms with Crippen LogP contribution in [0.1, 0.15) is 5.56 Å². The van der Waals surface area contributed by atoms with E-state index in [0.717, 1.165) is 55.9 Å². The highest BCUT2D eigenvalue weighted by atomic mass is 32.1. The van der Waals surface area contributed by atoms with Gasteiger partial charge in [-0.05, 0) is 75.8 Å². The number of aromatic nitrogens is 2. The number of fused-ring (bicyclic) bond motifs is 3. The highest BCUT2D eigenvalue weighted by Crippen LogP contribution is 2.45. The molecule has 3 heterocycles. The van der Waals surface area contributed by atoms with E-state index in [2.05, 4.69) is 109 Å². The van der Waals surface area contributed by atoms with Gasteiger partial charge in [-0.3, -0.25) is 9.97 Å². The molecule has 238 valence electrons. The molecular weight excluding hydrogens is 639 g/mol. The van der Waals surface area contributed by atoms with Gasteiger partial charge in [-0.15, -0.1) is 11.3 Å². The standard InChI is InChI=1S/C47H29N3S/c48-28-31-17-19-32(20-18-31)40-13-7-15-42-43-16-8-14-41(47(43)51-46(40)42)39-26-37(35-21-23-44(49-29-35)33-9-3-1-4-10-33)25-38(27-39)36-22-24-45(50-30-36)34-11-5-2-6-12-34/h1-27,29-30H. The SMILES string of the molecule is N#Cc1ccc(-c2cccc3c2sc2c(-c4cc(-c5ccc(-c6ccccc6)nc5)cc(-c5ccc(-c6ccccc6)nc5)c4)cccc23)cc1. The van der Waals surface area contributed by atoms with Gasteiger partial charge in [0.2, 0.25) is 0 Å². The summed E-state index contributed by atoms with van der Waals surface area (Å²) in [6.45, 7) is 0. The maximum absolute atomic E-state index is 9.35. The van der Waals surface area contributed by atoms with Crippen molar-refractivity contribution in [2.45, 2.75) is 0 Å². The topological polar surface area (TPSA) is 49.6 Å². The van der Waals surface area contributed by atoms with Gasteiger partial charge in [0, 0.05) is 54.8 Å². The van der Waals surface area contributed by atoms with Crippen molar-refractivity contribution in [1.82, 2.24) is 9.97 Å². The molecule has 9 aromatic rings. The second-order valence-corrected chi connectivity index (χ2v) is 13.6. The van der Waals surface area contributed by atoms with Gasteiger partial charge >= 0.3 is 0 Å². The Labute approximate surface area is 300 Å². The van der Waals surface area contributed by atoms with Crippen molar-refractivity contribution in [3.05, 3.63) is 182 Å². The van der Waals surface area contributed by atoms with Crippen LogP contribution in [0.5, 0.6) is 0 Å². The number of nitriles is 1. The summed E-state index contributed by atoms with van der Waals surface area (Å²) in [6.07, 6.45) is 3.96. The monoisotopic (exact) mass is 667 g/mol. The van der Waals surface area contributed by atoms with Gasteiger partial charge in [0.25, 0.3) is 0 Å². The third kappa shape index (κ3) is 5.76. The fraction of sp³-hybridized carbons (Fsp3) is 0. The summed E-state index contributed by atoms with van der Waals surface area (Å²) in [6, 6.07) is 59.2. The maximum atomic E-state index is 9.35. The quantitative estimate of drug-likeness (QED) is 0.177. The number of nitrogens with zero attached hydrogens (tertiary/aromatic N) is 3. The molecule has 9 rings (SSSR count). The van der Waals surface area contributed by atoms with E-state index in [1.54, 1.807) is 0 Å². The molecule has 0 aliphatic carbocycles. The lowest BCUT2D eigenvalue weighted by atomic mass is 9.93. The molecule has 4 heteroatoms. The molecule has 0 unspecified atom stereocenters. The summed E-state index contributed by atoms with van der Waals surface area (Å²) in [4.78, 5) is 9.75. The van der Waals surface area contributed by atoms with Gasteiger partial charge in [-0.25, -0.2) is 0 Å². The summed E-state index contributed by atoms with van der Waals surface area (Å²) in [5, 5.41) is 11.8. The maximum Gasteiger partial charge on any atom is 0.0991 e. The Bertz CT molecular complexity index is 2610. The van der Waals surface area contributed by atoms with Crippen LogP contribution in [0.25, 0.3) is 87.2 Å². The predicted molar refractivity (Wildman–Crippen MR) is 212 cm³/mol. The van der Waals surface area contributed by atoms with Gasteiger partial charge in [0.05, 0.1) is 23.0 Å². The fourth-order valence-corrected chi connectivity index (χ4v) is 8.18. The minimum absolute atomic E-state index is 0.662. The Morgan fingerprint density at radius 3 is 1.33 bits per heavy atom. The number of hydrogen-bond donors (Lipinski definition) is 0.